The van der Waals surface area contributed by atoms with E-state index in [4.69, 9.17) is 19.9 Å². The number of benzene rings is 1. The number of rotatable bonds is 6. The highest BCUT2D eigenvalue weighted by molar-refractivity contribution is 5.42. The molecule has 2 atom stereocenters. The normalized spacial score (nSPS) is 14.8. The van der Waals surface area contributed by atoms with Crippen LogP contribution in [0.1, 0.15) is 39.3 Å². The van der Waals surface area contributed by atoms with E-state index in [9.17, 15) is 0 Å². The Balaban J connectivity index is 3.19. The third kappa shape index (κ3) is 3.87. The third-order valence-corrected chi connectivity index (χ3v) is 3.32. The maximum Gasteiger partial charge on any atom is 0.123 e. The average Bonchev–Trinajstić information content (AvgIpc) is 2.42. The fourth-order valence-corrected chi connectivity index (χ4v) is 2.33. The van der Waals surface area contributed by atoms with Gasteiger partial charge in [-0.1, -0.05) is 20.8 Å². The van der Waals surface area contributed by atoms with E-state index in [1.165, 1.54) is 0 Å². The van der Waals surface area contributed by atoms with Crippen LogP contribution >= 0.6 is 0 Å². The van der Waals surface area contributed by atoms with E-state index in [1.807, 2.05) is 25.1 Å². The van der Waals surface area contributed by atoms with E-state index < -0.39 is 0 Å². The zero-order valence-electron chi connectivity index (χ0n) is 13.4. The summed E-state index contributed by atoms with van der Waals surface area (Å²) in [5.41, 5.74) is 7.29. The van der Waals surface area contributed by atoms with Gasteiger partial charge in [-0.05, 0) is 30.5 Å². The minimum Gasteiger partial charge on any atom is -0.497 e. The first-order chi connectivity index (χ1) is 9.35. The number of methoxy groups -OCH3 is 2. The van der Waals surface area contributed by atoms with Crippen molar-refractivity contribution in [2.24, 2.45) is 11.1 Å². The zero-order chi connectivity index (χ0) is 15.3. The molecular weight excluding hydrogens is 254 g/mol. The second-order valence-corrected chi connectivity index (χ2v) is 5.88. The van der Waals surface area contributed by atoms with Gasteiger partial charge in [0.2, 0.25) is 0 Å². The van der Waals surface area contributed by atoms with Crippen molar-refractivity contribution in [3.8, 4) is 11.5 Å². The van der Waals surface area contributed by atoms with Crippen molar-refractivity contribution < 1.29 is 14.2 Å². The average molecular weight is 281 g/mol. The molecule has 1 aromatic rings. The van der Waals surface area contributed by atoms with Gasteiger partial charge < -0.3 is 19.9 Å². The van der Waals surface area contributed by atoms with E-state index in [1.54, 1.807) is 14.2 Å². The van der Waals surface area contributed by atoms with E-state index in [2.05, 4.69) is 20.8 Å². The van der Waals surface area contributed by atoms with Crippen molar-refractivity contribution in [3.63, 3.8) is 0 Å². The zero-order valence-corrected chi connectivity index (χ0v) is 13.4. The number of nitrogens with two attached hydrogens (primary N) is 1. The van der Waals surface area contributed by atoms with Gasteiger partial charge in [0.25, 0.3) is 0 Å². The molecule has 0 spiro atoms. The number of hydrogen-bond donors (Lipinski definition) is 1. The smallest absolute Gasteiger partial charge is 0.123 e. The Kier molecular flexibility index (Phi) is 5.84. The Bertz CT molecular complexity index is 426. The summed E-state index contributed by atoms with van der Waals surface area (Å²) in [5.74, 6) is 1.52. The fraction of sp³-hybridized carbons (Fsp3) is 0.625. The standard InChI is InChI=1S/C16H27NO3/c1-7-20-15(16(2,3)4)14(17)12-10-11(18-5)8-9-13(12)19-6/h8-10,14-15H,7,17H2,1-6H3. The van der Waals surface area contributed by atoms with Crippen LogP contribution < -0.4 is 15.2 Å². The molecule has 0 heterocycles. The van der Waals surface area contributed by atoms with Gasteiger partial charge in [0.1, 0.15) is 11.5 Å². The Morgan fingerprint density at radius 1 is 1.15 bits per heavy atom. The number of ether oxygens (including phenoxy) is 3. The summed E-state index contributed by atoms with van der Waals surface area (Å²) in [4.78, 5) is 0. The van der Waals surface area contributed by atoms with Crippen LogP contribution in [0.2, 0.25) is 0 Å². The van der Waals surface area contributed by atoms with Gasteiger partial charge in [0.15, 0.2) is 0 Å². The van der Waals surface area contributed by atoms with Crippen molar-refractivity contribution in [2.45, 2.75) is 39.8 Å². The van der Waals surface area contributed by atoms with Crippen LogP contribution in [0.4, 0.5) is 0 Å². The molecule has 2 N–H and O–H groups in total. The monoisotopic (exact) mass is 281 g/mol. The first kappa shape index (κ1) is 16.8. The van der Waals surface area contributed by atoms with Gasteiger partial charge in [0, 0.05) is 12.2 Å². The maximum absolute atomic E-state index is 6.45. The first-order valence-corrected chi connectivity index (χ1v) is 6.94. The Morgan fingerprint density at radius 3 is 2.25 bits per heavy atom. The second-order valence-electron chi connectivity index (χ2n) is 5.88. The van der Waals surface area contributed by atoms with Gasteiger partial charge >= 0.3 is 0 Å². The molecule has 0 aliphatic rings. The molecule has 0 fully saturated rings. The minimum absolute atomic E-state index is 0.0660. The predicted molar refractivity (Wildman–Crippen MR) is 81.3 cm³/mol. The van der Waals surface area contributed by atoms with Gasteiger partial charge in [0.05, 0.1) is 26.4 Å². The van der Waals surface area contributed by atoms with Crippen LogP contribution in [0.25, 0.3) is 0 Å². The van der Waals surface area contributed by atoms with Crippen LogP contribution in [0.3, 0.4) is 0 Å². The highest BCUT2D eigenvalue weighted by atomic mass is 16.5. The predicted octanol–water partition coefficient (Wildman–Crippen LogP) is 3.15. The molecule has 2 unspecified atom stereocenters. The van der Waals surface area contributed by atoms with Crippen molar-refractivity contribution >= 4 is 0 Å². The summed E-state index contributed by atoms with van der Waals surface area (Å²) in [5, 5.41) is 0. The van der Waals surface area contributed by atoms with Gasteiger partial charge in [-0.3, -0.25) is 0 Å². The van der Waals surface area contributed by atoms with E-state index in [0.717, 1.165) is 17.1 Å². The van der Waals surface area contributed by atoms with Crippen LogP contribution in [0, 0.1) is 5.41 Å². The molecular formula is C16H27NO3. The van der Waals surface area contributed by atoms with Crippen LogP contribution in [0.5, 0.6) is 11.5 Å². The summed E-state index contributed by atoms with van der Waals surface area (Å²) in [6.45, 7) is 8.98. The van der Waals surface area contributed by atoms with Crippen molar-refractivity contribution in [1.82, 2.24) is 0 Å². The van der Waals surface area contributed by atoms with Crippen molar-refractivity contribution in [3.05, 3.63) is 23.8 Å². The Morgan fingerprint density at radius 2 is 1.80 bits per heavy atom. The maximum atomic E-state index is 6.45. The summed E-state index contributed by atoms with van der Waals surface area (Å²) >= 11 is 0. The summed E-state index contributed by atoms with van der Waals surface area (Å²) in [6, 6.07) is 5.38. The molecule has 114 valence electrons. The lowest BCUT2D eigenvalue weighted by atomic mass is 9.82. The molecule has 4 nitrogen and oxygen atoms in total. The summed E-state index contributed by atoms with van der Waals surface area (Å²) in [7, 11) is 3.28. The molecule has 0 saturated heterocycles. The van der Waals surface area contributed by atoms with Crippen LogP contribution in [-0.4, -0.2) is 26.9 Å². The molecule has 20 heavy (non-hydrogen) atoms. The summed E-state index contributed by atoms with van der Waals surface area (Å²) in [6.07, 6.45) is -0.103. The molecule has 4 heteroatoms. The van der Waals surface area contributed by atoms with Gasteiger partial charge in [-0.15, -0.1) is 0 Å². The van der Waals surface area contributed by atoms with E-state index in [0.29, 0.717) is 6.61 Å². The largest absolute Gasteiger partial charge is 0.497 e. The molecule has 1 aromatic carbocycles. The first-order valence-electron chi connectivity index (χ1n) is 6.94. The molecule has 1 rings (SSSR count). The fourth-order valence-electron chi connectivity index (χ4n) is 2.33. The molecule has 0 aliphatic carbocycles. The van der Waals surface area contributed by atoms with E-state index >= 15 is 0 Å². The van der Waals surface area contributed by atoms with Crippen LogP contribution in [-0.2, 0) is 4.74 Å². The number of hydrogen-bond acceptors (Lipinski definition) is 4. The van der Waals surface area contributed by atoms with E-state index in [-0.39, 0.29) is 17.6 Å². The molecule has 0 bridgehead atoms. The lowest BCUT2D eigenvalue weighted by Gasteiger charge is -2.35. The minimum atomic E-state index is -0.278. The SMILES string of the molecule is CCOC(C(N)c1cc(OC)ccc1OC)C(C)(C)C. The summed E-state index contributed by atoms with van der Waals surface area (Å²) < 4.78 is 16.6. The Hall–Kier alpha value is -1.26. The molecule has 0 saturated carbocycles. The molecule has 0 aromatic heterocycles. The highest BCUT2D eigenvalue weighted by Crippen LogP contribution is 2.36. The second kappa shape index (κ2) is 6.95. The lowest BCUT2D eigenvalue weighted by Crippen LogP contribution is -2.39. The molecule has 0 aliphatic heterocycles. The van der Waals surface area contributed by atoms with Crippen molar-refractivity contribution in [2.75, 3.05) is 20.8 Å². The Labute approximate surface area is 122 Å². The topological polar surface area (TPSA) is 53.7 Å². The van der Waals surface area contributed by atoms with Crippen LogP contribution in [0.15, 0.2) is 18.2 Å². The van der Waals surface area contributed by atoms with Crippen molar-refractivity contribution in [1.29, 1.82) is 0 Å². The molecule has 0 radical (unpaired) electrons. The molecule has 0 amide bonds. The highest BCUT2D eigenvalue weighted by Gasteiger charge is 2.33. The third-order valence-electron chi connectivity index (χ3n) is 3.32. The quantitative estimate of drug-likeness (QED) is 0.870. The van der Waals surface area contributed by atoms with Gasteiger partial charge in [-0.2, -0.15) is 0 Å². The van der Waals surface area contributed by atoms with Gasteiger partial charge in [-0.25, -0.2) is 0 Å². The lowest BCUT2D eigenvalue weighted by molar-refractivity contribution is -0.0287.